The Morgan fingerprint density at radius 3 is 2.59 bits per heavy atom. The summed E-state index contributed by atoms with van der Waals surface area (Å²) in [6.45, 7) is 0.296. The van der Waals surface area contributed by atoms with E-state index in [1.807, 2.05) is 24.3 Å². The number of para-hydroxylation sites is 2. The third kappa shape index (κ3) is 4.65. The maximum Gasteiger partial charge on any atom is 0.185 e. The van der Waals surface area contributed by atoms with E-state index in [4.69, 9.17) is 14.2 Å². The fraction of sp³-hybridized carbons (Fsp3) is 0.263. The first-order valence-corrected chi connectivity index (χ1v) is 10.0. The molecule has 1 N–H and O–H groups in total. The van der Waals surface area contributed by atoms with Crippen LogP contribution >= 0.6 is 0 Å². The Balaban J connectivity index is 1.96. The molecular weight excluding hydrogens is 366 g/mol. The van der Waals surface area contributed by atoms with Gasteiger partial charge in [0.2, 0.25) is 0 Å². The summed E-state index contributed by atoms with van der Waals surface area (Å²) < 4.78 is 28.0. The van der Waals surface area contributed by atoms with Crippen molar-refractivity contribution in [2.45, 2.75) is 0 Å². The Kier molecular flexibility index (Phi) is 6.08. The van der Waals surface area contributed by atoms with Crippen LogP contribution in [-0.2, 0) is 10.8 Å². The molecule has 1 aromatic heterocycles. The van der Waals surface area contributed by atoms with E-state index < -0.39 is 10.8 Å². The second-order valence-electron chi connectivity index (χ2n) is 5.70. The van der Waals surface area contributed by atoms with Crippen molar-refractivity contribution in [3.05, 3.63) is 42.6 Å². The van der Waals surface area contributed by atoms with Gasteiger partial charge in [0.25, 0.3) is 0 Å². The number of ether oxygens (including phenoxy) is 3. The zero-order valence-electron chi connectivity index (χ0n) is 15.4. The summed E-state index contributed by atoms with van der Waals surface area (Å²) in [6, 6.07) is 11.1. The molecule has 0 spiro atoms. The Morgan fingerprint density at radius 2 is 1.89 bits per heavy atom. The zero-order chi connectivity index (χ0) is 19.2. The standard InChI is InChI=1S/C19H21N3O4S/c1-24-13-10-16(19(17(11-13)25-2)26-8-9-27(3)23)22-18-12-20-14-6-4-5-7-15(14)21-18/h4-7,10-12H,8-9H2,1-3H3,(H,21,22). The molecule has 1 atom stereocenters. The molecule has 0 radical (unpaired) electrons. The fourth-order valence-corrected chi connectivity index (χ4v) is 2.82. The van der Waals surface area contributed by atoms with Crippen molar-refractivity contribution < 1.29 is 18.4 Å². The first-order valence-electron chi connectivity index (χ1n) is 8.28. The van der Waals surface area contributed by atoms with Gasteiger partial charge in [-0.3, -0.25) is 9.19 Å². The molecule has 0 bridgehead atoms. The van der Waals surface area contributed by atoms with Crippen molar-refractivity contribution in [2.75, 3.05) is 38.2 Å². The topological polar surface area (TPSA) is 82.6 Å². The van der Waals surface area contributed by atoms with Crippen LogP contribution in [0.2, 0.25) is 0 Å². The van der Waals surface area contributed by atoms with Crippen LogP contribution in [0.5, 0.6) is 17.2 Å². The van der Waals surface area contributed by atoms with E-state index in [1.165, 1.54) is 0 Å². The van der Waals surface area contributed by atoms with Gasteiger partial charge in [-0.2, -0.15) is 0 Å². The molecule has 0 saturated carbocycles. The number of hydrogen-bond acceptors (Lipinski definition) is 7. The number of anilines is 2. The number of benzene rings is 2. The Hall–Kier alpha value is -2.87. The van der Waals surface area contributed by atoms with Crippen LogP contribution in [0.15, 0.2) is 42.6 Å². The molecule has 8 heteroatoms. The lowest BCUT2D eigenvalue weighted by Crippen LogP contribution is -2.09. The smallest absolute Gasteiger partial charge is 0.185 e. The van der Waals surface area contributed by atoms with Gasteiger partial charge in [0.05, 0.1) is 42.9 Å². The molecule has 7 nitrogen and oxygen atoms in total. The van der Waals surface area contributed by atoms with Gasteiger partial charge in [-0.25, -0.2) is 4.98 Å². The maximum atomic E-state index is 11.3. The van der Waals surface area contributed by atoms with E-state index in [9.17, 15) is 4.21 Å². The summed E-state index contributed by atoms with van der Waals surface area (Å²) in [6.07, 6.45) is 3.29. The van der Waals surface area contributed by atoms with E-state index in [0.717, 1.165) is 11.0 Å². The van der Waals surface area contributed by atoms with Gasteiger partial charge in [0, 0.05) is 29.2 Å². The van der Waals surface area contributed by atoms with E-state index in [1.54, 1.807) is 38.8 Å². The van der Waals surface area contributed by atoms with Crippen LogP contribution in [0.25, 0.3) is 11.0 Å². The first kappa shape index (κ1) is 18.9. The lowest BCUT2D eigenvalue weighted by molar-refractivity contribution is 0.312. The minimum absolute atomic E-state index is 0.296. The van der Waals surface area contributed by atoms with E-state index >= 15 is 0 Å². The fourth-order valence-electron chi connectivity index (χ4n) is 2.50. The van der Waals surface area contributed by atoms with Gasteiger partial charge in [-0.1, -0.05) is 12.1 Å². The highest BCUT2D eigenvalue weighted by atomic mass is 32.2. The van der Waals surface area contributed by atoms with Gasteiger partial charge < -0.3 is 19.5 Å². The number of nitrogens with one attached hydrogen (secondary N) is 1. The summed E-state index contributed by atoms with van der Waals surface area (Å²) in [5, 5.41) is 3.22. The van der Waals surface area contributed by atoms with Crippen LogP contribution in [0.4, 0.5) is 11.5 Å². The molecule has 27 heavy (non-hydrogen) atoms. The van der Waals surface area contributed by atoms with Gasteiger partial charge >= 0.3 is 0 Å². The van der Waals surface area contributed by atoms with Crippen molar-refractivity contribution >= 4 is 33.3 Å². The van der Waals surface area contributed by atoms with E-state index in [-0.39, 0.29) is 0 Å². The number of hydrogen-bond donors (Lipinski definition) is 1. The van der Waals surface area contributed by atoms with Crippen molar-refractivity contribution in [1.29, 1.82) is 0 Å². The predicted molar refractivity (Wildman–Crippen MR) is 107 cm³/mol. The Bertz CT molecular complexity index is 965. The molecule has 0 aliphatic carbocycles. The zero-order valence-corrected chi connectivity index (χ0v) is 16.2. The predicted octanol–water partition coefficient (Wildman–Crippen LogP) is 3.15. The summed E-state index contributed by atoms with van der Waals surface area (Å²) >= 11 is 0. The van der Waals surface area contributed by atoms with Crippen molar-refractivity contribution in [2.24, 2.45) is 0 Å². The van der Waals surface area contributed by atoms with Crippen molar-refractivity contribution in [1.82, 2.24) is 9.97 Å². The van der Waals surface area contributed by atoms with Crippen molar-refractivity contribution in [3.8, 4) is 17.2 Å². The lowest BCUT2D eigenvalue weighted by Gasteiger charge is -2.17. The highest BCUT2D eigenvalue weighted by Crippen LogP contribution is 2.40. The summed E-state index contributed by atoms with van der Waals surface area (Å²) in [7, 11) is 2.19. The number of rotatable bonds is 8. The minimum Gasteiger partial charge on any atom is -0.497 e. The van der Waals surface area contributed by atoms with E-state index in [2.05, 4.69) is 15.3 Å². The third-order valence-corrected chi connectivity index (χ3v) is 4.55. The Morgan fingerprint density at radius 1 is 1.11 bits per heavy atom. The number of nitrogens with zero attached hydrogens (tertiary/aromatic N) is 2. The minimum atomic E-state index is -0.947. The number of fused-ring (bicyclic) bond motifs is 1. The number of aromatic nitrogens is 2. The second kappa shape index (κ2) is 8.68. The van der Waals surface area contributed by atoms with Gasteiger partial charge in [0.15, 0.2) is 11.5 Å². The van der Waals surface area contributed by atoms with Crippen LogP contribution in [-0.4, -0.2) is 47.0 Å². The molecule has 0 amide bonds. The second-order valence-corrected chi connectivity index (χ2v) is 7.26. The van der Waals surface area contributed by atoms with Crippen LogP contribution < -0.4 is 19.5 Å². The SMILES string of the molecule is COc1cc(Nc2cnc3ccccc3n2)c(OCCS(C)=O)c(OC)c1. The van der Waals surface area contributed by atoms with Crippen LogP contribution in [0.1, 0.15) is 0 Å². The highest BCUT2D eigenvalue weighted by Gasteiger charge is 2.15. The lowest BCUT2D eigenvalue weighted by atomic mass is 10.2. The van der Waals surface area contributed by atoms with E-state index in [0.29, 0.717) is 41.1 Å². The van der Waals surface area contributed by atoms with Crippen LogP contribution in [0, 0.1) is 0 Å². The molecule has 0 fully saturated rings. The maximum absolute atomic E-state index is 11.3. The van der Waals surface area contributed by atoms with Crippen molar-refractivity contribution in [3.63, 3.8) is 0 Å². The molecule has 142 valence electrons. The molecule has 3 rings (SSSR count). The molecule has 0 aliphatic rings. The summed E-state index contributed by atoms with van der Waals surface area (Å²) in [5.74, 6) is 2.60. The molecule has 0 saturated heterocycles. The summed E-state index contributed by atoms with van der Waals surface area (Å²) in [4.78, 5) is 8.98. The largest absolute Gasteiger partial charge is 0.497 e. The third-order valence-electron chi connectivity index (χ3n) is 3.81. The monoisotopic (exact) mass is 387 g/mol. The first-order chi connectivity index (χ1) is 13.1. The van der Waals surface area contributed by atoms with Gasteiger partial charge in [-0.15, -0.1) is 0 Å². The number of methoxy groups -OCH3 is 2. The Labute approximate surface area is 160 Å². The molecule has 1 unspecified atom stereocenters. The molecule has 2 aromatic carbocycles. The van der Waals surface area contributed by atoms with Crippen LogP contribution in [0.3, 0.4) is 0 Å². The molecular formula is C19H21N3O4S. The van der Waals surface area contributed by atoms with Gasteiger partial charge in [0.1, 0.15) is 18.2 Å². The normalized spacial score (nSPS) is 11.8. The molecule has 3 aromatic rings. The molecule has 1 heterocycles. The highest BCUT2D eigenvalue weighted by molar-refractivity contribution is 7.84. The molecule has 0 aliphatic heterocycles. The average molecular weight is 387 g/mol. The average Bonchev–Trinajstić information content (AvgIpc) is 2.68. The quantitative estimate of drug-likeness (QED) is 0.636. The summed E-state index contributed by atoms with van der Waals surface area (Å²) in [5.41, 5.74) is 2.21. The van der Waals surface area contributed by atoms with Gasteiger partial charge in [-0.05, 0) is 12.1 Å².